The number of esters is 1. The van der Waals surface area contributed by atoms with E-state index in [1.165, 1.54) is 30.5 Å². The van der Waals surface area contributed by atoms with Crippen LogP contribution in [-0.4, -0.2) is 24.4 Å². The molecule has 0 aliphatic rings. The summed E-state index contributed by atoms with van der Waals surface area (Å²) in [4.78, 5) is 36.5. The van der Waals surface area contributed by atoms with E-state index >= 15 is 0 Å². The van der Waals surface area contributed by atoms with Gasteiger partial charge < -0.3 is 19.8 Å². The first-order valence-corrected chi connectivity index (χ1v) is 8.89. The van der Waals surface area contributed by atoms with Crippen LogP contribution in [0.15, 0.2) is 65.3 Å². The molecule has 1 heterocycles. The third-order valence-corrected chi connectivity index (χ3v) is 4.08. The van der Waals surface area contributed by atoms with Crippen LogP contribution in [0.4, 0.5) is 11.4 Å². The minimum absolute atomic E-state index is 0.138. The molecule has 8 heteroatoms. The molecule has 0 unspecified atom stereocenters. The Morgan fingerprint density at radius 1 is 1.07 bits per heavy atom. The average Bonchev–Trinajstić information content (AvgIpc) is 3.29. The number of nitrogens with zero attached hydrogens (tertiary/aromatic N) is 1. The van der Waals surface area contributed by atoms with Gasteiger partial charge in [0.25, 0.3) is 11.8 Å². The van der Waals surface area contributed by atoms with E-state index in [4.69, 9.17) is 14.4 Å². The monoisotopic (exact) mass is 403 g/mol. The second-order valence-corrected chi connectivity index (χ2v) is 6.28. The minimum Gasteiger partial charge on any atom is -0.459 e. The van der Waals surface area contributed by atoms with Crippen LogP contribution in [0.25, 0.3) is 0 Å². The Labute approximate surface area is 172 Å². The van der Waals surface area contributed by atoms with E-state index in [0.717, 1.165) is 5.56 Å². The normalized spacial score (nSPS) is 10.0. The van der Waals surface area contributed by atoms with Crippen LogP contribution in [0.5, 0.6) is 0 Å². The maximum absolute atomic E-state index is 12.3. The van der Waals surface area contributed by atoms with Gasteiger partial charge in [0.2, 0.25) is 0 Å². The molecular formula is C22H17N3O5. The number of benzene rings is 2. The molecule has 0 spiro atoms. The molecule has 8 nitrogen and oxygen atoms in total. The molecule has 0 bridgehead atoms. The van der Waals surface area contributed by atoms with Crippen molar-refractivity contribution in [2.75, 3.05) is 17.2 Å². The molecule has 2 N–H and O–H groups in total. The second-order valence-electron chi connectivity index (χ2n) is 6.28. The Kier molecular flexibility index (Phi) is 6.25. The van der Waals surface area contributed by atoms with Crippen molar-refractivity contribution in [2.45, 2.75) is 6.92 Å². The maximum atomic E-state index is 12.3. The Hall–Kier alpha value is -4.38. The number of amides is 2. The zero-order valence-electron chi connectivity index (χ0n) is 16.0. The molecule has 0 saturated carbocycles. The zero-order chi connectivity index (χ0) is 21.5. The maximum Gasteiger partial charge on any atom is 0.338 e. The van der Waals surface area contributed by atoms with Crippen molar-refractivity contribution < 1.29 is 23.5 Å². The van der Waals surface area contributed by atoms with Crippen LogP contribution >= 0.6 is 0 Å². The summed E-state index contributed by atoms with van der Waals surface area (Å²) in [5.41, 5.74) is 2.15. The number of ether oxygens (including phenoxy) is 1. The molecule has 0 aliphatic carbocycles. The number of carbonyl (C=O) groups is 3. The predicted octanol–water partition coefficient (Wildman–Crippen LogP) is 3.51. The van der Waals surface area contributed by atoms with E-state index in [1.807, 2.05) is 6.07 Å². The fourth-order valence-electron chi connectivity index (χ4n) is 2.55. The lowest BCUT2D eigenvalue weighted by atomic mass is 10.1. The first-order valence-electron chi connectivity index (χ1n) is 8.89. The molecule has 1 aromatic heterocycles. The lowest BCUT2D eigenvalue weighted by molar-refractivity contribution is -0.119. The lowest BCUT2D eigenvalue weighted by Crippen LogP contribution is -2.21. The minimum atomic E-state index is -0.718. The van der Waals surface area contributed by atoms with E-state index in [2.05, 4.69) is 10.6 Å². The van der Waals surface area contributed by atoms with E-state index < -0.39 is 24.4 Å². The highest BCUT2D eigenvalue weighted by Crippen LogP contribution is 2.19. The van der Waals surface area contributed by atoms with Crippen molar-refractivity contribution in [2.24, 2.45) is 0 Å². The average molecular weight is 403 g/mol. The van der Waals surface area contributed by atoms with E-state index in [9.17, 15) is 14.4 Å². The highest BCUT2D eigenvalue weighted by molar-refractivity contribution is 6.03. The number of nitrogens with one attached hydrogen (secondary N) is 2. The van der Waals surface area contributed by atoms with Gasteiger partial charge in [-0.1, -0.05) is 12.1 Å². The van der Waals surface area contributed by atoms with E-state index in [1.54, 1.807) is 37.3 Å². The fraction of sp³-hybridized carbons (Fsp3) is 0.0909. The van der Waals surface area contributed by atoms with Gasteiger partial charge in [-0.25, -0.2) is 4.79 Å². The molecule has 0 fully saturated rings. The van der Waals surface area contributed by atoms with Crippen molar-refractivity contribution in [1.82, 2.24) is 0 Å². The van der Waals surface area contributed by atoms with Gasteiger partial charge in [0, 0.05) is 11.4 Å². The number of furan rings is 1. The van der Waals surface area contributed by atoms with E-state index in [0.29, 0.717) is 16.9 Å². The van der Waals surface area contributed by atoms with Crippen LogP contribution in [-0.2, 0) is 9.53 Å². The van der Waals surface area contributed by atoms with Crippen LogP contribution < -0.4 is 10.6 Å². The quantitative estimate of drug-likeness (QED) is 0.608. The molecule has 150 valence electrons. The summed E-state index contributed by atoms with van der Waals surface area (Å²) in [6, 6.07) is 16.1. The topological polar surface area (TPSA) is 121 Å². The second kappa shape index (κ2) is 9.21. The number of anilines is 2. The molecule has 2 aromatic carbocycles. The number of carbonyl (C=O) groups excluding carboxylic acids is 3. The Morgan fingerprint density at radius 2 is 1.90 bits per heavy atom. The van der Waals surface area contributed by atoms with Gasteiger partial charge in [-0.05, 0) is 55.0 Å². The van der Waals surface area contributed by atoms with Gasteiger partial charge in [-0.2, -0.15) is 5.26 Å². The van der Waals surface area contributed by atoms with Gasteiger partial charge in [0.1, 0.15) is 0 Å². The van der Waals surface area contributed by atoms with Crippen molar-refractivity contribution >= 4 is 29.2 Å². The molecule has 0 atom stereocenters. The summed E-state index contributed by atoms with van der Waals surface area (Å²) in [5.74, 6) is -1.58. The zero-order valence-corrected chi connectivity index (χ0v) is 16.0. The molecule has 2 amide bonds. The fourth-order valence-corrected chi connectivity index (χ4v) is 2.55. The highest BCUT2D eigenvalue weighted by atomic mass is 16.5. The number of aryl methyl sites for hydroxylation is 1. The summed E-state index contributed by atoms with van der Waals surface area (Å²) in [6.07, 6.45) is 1.39. The highest BCUT2D eigenvalue weighted by Gasteiger charge is 2.15. The molecular weight excluding hydrogens is 386 g/mol. The van der Waals surface area contributed by atoms with Gasteiger partial charge in [0.15, 0.2) is 12.4 Å². The van der Waals surface area contributed by atoms with Gasteiger partial charge in [0.05, 0.1) is 23.5 Å². The third-order valence-electron chi connectivity index (χ3n) is 4.08. The van der Waals surface area contributed by atoms with Crippen LogP contribution in [0, 0.1) is 18.3 Å². The van der Waals surface area contributed by atoms with Crippen molar-refractivity contribution in [1.29, 1.82) is 5.26 Å². The van der Waals surface area contributed by atoms with Crippen molar-refractivity contribution in [3.63, 3.8) is 0 Å². The summed E-state index contributed by atoms with van der Waals surface area (Å²) in [6.45, 7) is 1.27. The number of hydrogen-bond donors (Lipinski definition) is 2. The van der Waals surface area contributed by atoms with Gasteiger partial charge in [-0.15, -0.1) is 0 Å². The molecule has 0 aliphatic heterocycles. The first-order chi connectivity index (χ1) is 14.5. The Bertz CT molecular complexity index is 1130. The summed E-state index contributed by atoms with van der Waals surface area (Å²) in [7, 11) is 0. The molecule has 0 saturated heterocycles. The Morgan fingerprint density at radius 3 is 2.63 bits per heavy atom. The van der Waals surface area contributed by atoms with E-state index in [-0.39, 0.29) is 11.3 Å². The lowest BCUT2D eigenvalue weighted by Gasteiger charge is -2.10. The third kappa shape index (κ3) is 5.11. The number of rotatable bonds is 6. The number of hydrogen-bond acceptors (Lipinski definition) is 6. The molecule has 30 heavy (non-hydrogen) atoms. The van der Waals surface area contributed by atoms with Crippen LogP contribution in [0.3, 0.4) is 0 Å². The van der Waals surface area contributed by atoms with Gasteiger partial charge in [-0.3, -0.25) is 9.59 Å². The number of nitriles is 1. The van der Waals surface area contributed by atoms with Crippen molar-refractivity contribution in [3.05, 3.63) is 83.3 Å². The molecule has 3 rings (SSSR count). The summed E-state index contributed by atoms with van der Waals surface area (Å²) >= 11 is 0. The van der Waals surface area contributed by atoms with Crippen molar-refractivity contribution in [3.8, 4) is 6.07 Å². The largest absolute Gasteiger partial charge is 0.459 e. The molecule has 0 radical (unpaired) electrons. The van der Waals surface area contributed by atoms with Crippen LogP contribution in [0.2, 0.25) is 0 Å². The molecule has 3 aromatic rings. The standard InChI is InChI=1S/C22H17N3O5/c1-14-7-8-16(11-18(14)25-21(27)19-6-3-9-29-19)22(28)30-13-20(26)24-17-5-2-4-15(10-17)12-23/h2-11H,13H2,1H3,(H,24,26)(H,25,27). The summed E-state index contributed by atoms with van der Waals surface area (Å²) in [5, 5.41) is 14.1. The first kappa shape index (κ1) is 20.4. The van der Waals surface area contributed by atoms with Gasteiger partial charge >= 0.3 is 5.97 Å². The predicted molar refractivity (Wildman–Crippen MR) is 108 cm³/mol. The SMILES string of the molecule is Cc1ccc(C(=O)OCC(=O)Nc2cccc(C#N)c2)cc1NC(=O)c1ccco1. The summed E-state index contributed by atoms with van der Waals surface area (Å²) < 4.78 is 10.1. The smallest absolute Gasteiger partial charge is 0.338 e. The Balaban J connectivity index is 1.60. The van der Waals surface area contributed by atoms with Crippen LogP contribution in [0.1, 0.15) is 32.0 Å².